The van der Waals surface area contributed by atoms with Crippen LogP contribution in [0, 0.1) is 11.8 Å². The van der Waals surface area contributed by atoms with Gasteiger partial charge >= 0.3 is 0 Å². The van der Waals surface area contributed by atoms with Gasteiger partial charge in [0.25, 0.3) is 0 Å². The molecule has 0 aromatic heterocycles. The summed E-state index contributed by atoms with van der Waals surface area (Å²) in [7, 11) is -2.98. The van der Waals surface area contributed by atoms with Gasteiger partial charge in [-0.1, -0.05) is 0 Å². The van der Waals surface area contributed by atoms with E-state index in [1.54, 1.807) is 4.31 Å². The molecule has 1 N–H and O–H groups in total. The number of fused-ring (bicyclic) bond motifs is 1. The number of sulfonamides is 1. The maximum Gasteiger partial charge on any atom is 0.211 e. The maximum absolute atomic E-state index is 11.4. The molecule has 0 amide bonds. The van der Waals surface area contributed by atoms with Gasteiger partial charge in [0, 0.05) is 13.1 Å². The normalized spacial score (nSPS) is 35.2. The van der Waals surface area contributed by atoms with Crippen LogP contribution >= 0.6 is 0 Å². The van der Waals surface area contributed by atoms with Gasteiger partial charge in [0.1, 0.15) is 0 Å². The fraction of sp³-hybridized carbons (Fsp3) is 1.00. The molecular formula is C9H18N2O2S. The highest BCUT2D eigenvalue weighted by molar-refractivity contribution is 7.88. The Hall–Kier alpha value is -0.130. The van der Waals surface area contributed by atoms with Gasteiger partial charge in [-0.2, -0.15) is 0 Å². The summed E-state index contributed by atoms with van der Waals surface area (Å²) in [5.74, 6) is 1.23. The van der Waals surface area contributed by atoms with E-state index in [4.69, 9.17) is 0 Å². The quantitative estimate of drug-likeness (QED) is 0.667. The summed E-state index contributed by atoms with van der Waals surface area (Å²) in [4.78, 5) is 0. The van der Waals surface area contributed by atoms with Crippen molar-refractivity contribution in [1.29, 1.82) is 0 Å². The predicted molar refractivity (Wildman–Crippen MR) is 55.5 cm³/mol. The van der Waals surface area contributed by atoms with Crippen molar-refractivity contribution in [3.05, 3.63) is 0 Å². The van der Waals surface area contributed by atoms with Crippen molar-refractivity contribution in [2.75, 3.05) is 32.4 Å². The largest absolute Gasteiger partial charge is 0.316 e. The molecule has 0 aromatic rings. The second-order valence-electron chi connectivity index (χ2n) is 4.44. The highest BCUT2D eigenvalue weighted by atomic mass is 32.2. The van der Waals surface area contributed by atoms with E-state index in [1.807, 2.05) is 0 Å². The van der Waals surface area contributed by atoms with Crippen molar-refractivity contribution < 1.29 is 8.42 Å². The van der Waals surface area contributed by atoms with E-state index in [9.17, 15) is 8.42 Å². The van der Waals surface area contributed by atoms with Crippen LogP contribution in [-0.2, 0) is 10.0 Å². The zero-order valence-corrected chi connectivity index (χ0v) is 9.39. The Labute approximate surface area is 85.7 Å². The maximum atomic E-state index is 11.4. The van der Waals surface area contributed by atoms with Crippen LogP contribution in [-0.4, -0.2) is 45.2 Å². The summed E-state index contributed by atoms with van der Waals surface area (Å²) in [5, 5.41) is 3.34. The molecule has 0 radical (unpaired) electrons. The number of hydrogen-bond donors (Lipinski definition) is 1. The first-order chi connectivity index (χ1) is 6.57. The van der Waals surface area contributed by atoms with Gasteiger partial charge in [0.2, 0.25) is 10.0 Å². The van der Waals surface area contributed by atoms with E-state index < -0.39 is 10.0 Å². The summed E-state index contributed by atoms with van der Waals surface area (Å²) in [6.07, 6.45) is 3.50. The second kappa shape index (κ2) is 3.79. The summed E-state index contributed by atoms with van der Waals surface area (Å²) in [6.45, 7) is 3.49. The topological polar surface area (TPSA) is 49.4 Å². The summed E-state index contributed by atoms with van der Waals surface area (Å²) < 4.78 is 24.5. The molecule has 82 valence electrons. The Morgan fingerprint density at radius 1 is 1.29 bits per heavy atom. The zero-order valence-electron chi connectivity index (χ0n) is 8.57. The molecule has 2 aliphatic rings. The van der Waals surface area contributed by atoms with E-state index >= 15 is 0 Å². The molecule has 5 heteroatoms. The van der Waals surface area contributed by atoms with E-state index in [0.29, 0.717) is 18.4 Å². The van der Waals surface area contributed by atoms with Crippen LogP contribution in [0.25, 0.3) is 0 Å². The van der Waals surface area contributed by atoms with Gasteiger partial charge in [-0.15, -0.1) is 0 Å². The van der Waals surface area contributed by atoms with E-state index in [-0.39, 0.29) is 0 Å². The lowest BCUT2D eigenvalue weighted by molar-refractivity contribution is 0.351. The first-order valence-electron chi connectivity index (χ1n) is 5.23. The van der Waals surface area contributed by atoms with E-state index in [1.165, 1.54) is 12.7 Å². The third-order valence-corrected chi connectivity index (χ3v) is 4.64. The zero-order chi connectivity index (χ0) is 10.2. The first-order valence-corrected chi connectivity index (χ1v) is 7.08. The minimum Gasteiger partial charge on any atom is -0.316 e. The predicted octanol–water partition coefficient (Wildman–Crippen LogP) is -0.123. The average molecular weight is 218 g/mol. The van der Waals surface area contributed by atoms with Gasteiger partial charge in [-0.3, -0.25) is 0 Å². The van der Waals surface area contributed by atoms with E-state index in [0.717, 1.165) is 26.1 Å². The van der Waals surface area contributed by atoms with Crippen LogP contribution in [0.2, 0.25) is 0 Å². The van der Waals surface area contributed by atoms with Crippen LogP contribution in [0.1, 0.15) is 12.8 Å². The molecule has 2 saturated heterocycles. The van der Waals surface area contributed by atoms with Crippen molar-refractivity contribution in [3.63, 3.8) is 0 Å². The smallest absolute Gasteiger partial charge is 0.211 e. The van der Waals surface area contributed by atoms with Crippen molar-refractivity contribution in [1.82, 2.24) is 9.62 Å². The second-order valence-corrected chi connectivity index (χ2v) is 6.42. The van der Waals surface area contributed by atoms with Crippen LogP contribution < -0.4 is 5.32 Å². The third-order valence-electron chi connectivity index (χ3n) is 3.37. The minimum absolute atomic E-state index is 0.534. The Kier molecular flexibility index (Phi) is 2.81. The molecule has 0 aromatic carbocycles. The molecule has 0 bridgehead atoms. The van der Waals surface area contributed by atoms with Gasteiger partial charge in [-0.05, 0) is 37.8 Å². The van der Waals surface area contributed by atoms with Crippen LogP contribution in [0.4, 0.5) is 0 Å². The minimum atomic E-state index is -2.98. The molecule has 0 aliphatic carbocycles. The number of hydrogen-bond acceptors (Lipinski definition) is 3. The number of nitrogens with one attached hydrogen (secondary N) is 1. The highest BCUT2D eigenvalue weighted by Crippen LogP contribution is 2.27. The van der Waals surface area contributed by atoms with Gasteiger partial charge in [0.05, 0.1) is 6.26 Å². The molecule has 4 nitrogen and oxygen atoms in total. The molecular weight excluding hydrogens is 200 g/mol. The Morgan fingerprint density at radius 2 is 2.00 bits per heavy atom. The Balaban J connectivity index is 2.09. The number of nitrogens with zero attached hydrogens (tertiary/aromatic N) is 1. The third kappa shape index (κ3) is 2.10. The SMILES string of the molecule is CS(=O)(=O)N1CCCC2CNCC2C1. The molecule has 2 atom stereocenters. The van der Waals surface area contributed by atoms with Crippen molar-refractivity contribution >= 4 is 10.0 Å². The molecule has 2 aliphatic heterocycles. The lowest BCUT2D eigenvalue weighted by Gasteiger charge is -2.21. The molecule has 0 saturated carbocycles. The van der Waals surface area contributed by atoms with Gasteiger partial charge < -0.3 is 5.32 Å². The monoisotopic (exact) mass is 218 g/mol. The molecule has 2 rings (SSSR count). The molecule has 2 heterocycles. The standard InChI is InChI=1S/C9H18N2O2S/c1-14(12,13)11-4-2-3-8-5-10-6-9(8)7-11/h8-10H,2-7H2,1H3. The molecule has 0 spiro atoms. The Bertz CT molecular complexity index is 302. The van der Waals surface area contributed by atoms with Crippen molar-refractivity contribution in [2.24, 2.45) is 11.8 Å². The molecule has 2 unspecified atom stereocenters. The van der Waals surface area contributed by atoms with Crippen LogP contribution in [0.15, 0.2) is 0 Å². The van der Waals surface area contributed by atoms with Crippen molar-refractivity contribution in [2.45, 2.75) is 12.8 Å². The fourth-order valence-electron chi connectivity index (χ4n) is 2.52. The highest BCUT2D eigenvalue weighted by Gasteiger charge is 2.33. The fourth-order valence-corrected chi connectivity index (χ4v) is 3.45. The summed E-state index contributed by atoms with van der Waals surface area (Å²) in [6, 6.07) is 0. The van der Waals surface area contributed by atoms with Crippen LogP contribution in [0.5, 0.6) is 0 Å². The summed E-state index contributed by atoms with van der Waals surface area (Å²) >= 11 is 0. The van der Waals surface area contributed by atoms with Gasteiger partial charge in [-0.25, -0.2) is 12.7 Å². The van der Waals surface area contributed by atoms with Crippen LogP contribution in [0.3, 0.4) is 0 Å². The first kappa shape index (κ1) is 10.4. The molecule has 14 heavy (non-hydrogen) atoms. The van der Waals surface area contributed by atoms with E-state index in [2.05, 4.69) is 5.32 Å². The average Bonchev–Trinajstić information content (AvgIpc) is 2.41. The summed E-state index contributed by atoms with van der Waals surface area (Å²) in [5.41, 5.74) is 0. The lowest BCUT2D eigenvalue weighted by atomic mass is 9.93. The van der Waals surface area contributed by atoms with Crippen molar-refractivity contribution in [3.8, 4) is 0 Å². The Morgan fingerprint density at radius 3 is 2.71 bits per heavy atom. The number of rotatable bonds is 1. The lowest BCUT2D eigenvalue weighted by Crippen LogP contribution is -2.35. The molecule has 2 fully saturated rings. The van der Waals surface area contributed by atoms with Gasteiger partial charge in [0.15, 0.2) is 0 Å².